The number of carbonyl (C=O) groups is 1. The Morgan fingerprint density at radius 1 is 1.26 bits per heavy atom. The fourth-order valence-electron chi connectivity index (χ4n) is 4.67. The monoisotopic (exact) mass is 569 g/mol. The highest BCUT2D eigenvalue weighted by molar-refractivity contribution is 7.90. The van der Waals surface area contributed by atoms with Crippen LogP contribution in [0.15, 0.2) is 35.5 Å². The first-order valence-corrected chi connectivity index (χ1v) is 13.7. The molecule has 11 nitrogen and oxygen atoms in total. The highest BCUT2D eigenvalue weighted by Gasteiger charge is 2.39. The van der Waals surface area contributed by atoms with Gasteiger partial charge in [-0.2, -0.15) is 18.3 Å². The second-order valence-electron chi connectivity index (χ2n) is 10.2. The van der Waals surface area contributed by atoms with E-state index in [0.717, 1.165) is 6.42 Å². The molecule has 0 spiro atoms. The smallest absolute Gasteiger partial charge is 0.392 e. The fourth-order valence-corrected chi connectivity index (χ4v) is 5.84. The summed E-state index contributed by atoms with van der Waals surface area (Å²) in [6.45, 7) is 7.64. The zero-order valence-corrected chi connectivity index (χ0v) is 23.0. The molecular weight excluding hydrogens is 539 g/mol. The Morgan fingerprint density at radius 2 is 1.97 bits per heavy atom. The molecule has 4 heterocycles. The summed E-state index contributed by atoms with van der Waals surface area (Å²) in [6, 6.07) is 4.33. The maximum absolute atomic E-state index is 13.4. The number of hydrogen-bond acceptors (Lipinski definition) is 8. The van der Waals surface area contributed by atoms with E-state index >= 15 is 0 Å². The van der Waals surface area contributed by atoms with E-state index in [0.29, 0.717) is 12.2 Å². The van der Waals surface area contributed by atoms with Crippen molar-refractivity contribution in [3.8, 4) is 11.7 Å². The van der Waals surface area contributed by atoms with Crippen molar-refractivity contribution in [2.75, 3.05) is 18.1 Å². The minimum absolute atomic E-state index is 0.0162. The molecule has 1 N–H and O–H groups in total. The number of sulfonamides is 1. The largest absolute Gasteiger partial charge is 0.476 e. The van der Waals surface area contributed by atoms with Crippen LogP contribution in [0.2, 0.25) is 0 Å². The molecule has 1 saturated heterocycles. The molecular formula is C24H30F3N7O4S. The number of nitrogens with one attached hydrogen (secondary N) is 1. The number of anilines is 1. The number of ether oxygens (including phenoxy) is 1. The predicted octanol–water partition coefficient (Wildman–Crippen LogP) is 3.38. The van der Waals surface area contributed by atoms with E-state index in [9.17, 15) is 26.4 Å². The van der Waals surface area contributed by atoms with E-state index < -0.39 is 40.7 Å². The quantitative estimate of drug-likeness (QED) is 0.438. The topological polar surface area (TPSA) is 124 Å². The first kappa shape index (κ1) is 28.4. The van der Waals surface area contributed by atoms with E-state index in [-0.39, 0.29) is 33.9 Å². The zero-order valence-electron chi connectivity index (χ0n) is 22.2. The van der Waals surface area contributed by atoms with E-state index in [4.69, 9.17) is 4.74 Å². The average molecular weight is 570 g/mol. The van der Waals surface area contributed by atoms with E-state index in [2.05, 4.69) is 26.8 Å². The molecule has 212 valence electrons. The number of carbonyl (C=O) groups excluding carboxylic acids is 1. The van der Waals surface area contributed by atoms with Gasteiger partial charge < -0.3 is 9.64 Å². The minimum Gasteiger partial charge on any atom is -0.476 e. The Morgan fingerprint density at radius 3 is 2.56 bits per heavy atom. The highest BCUT2D eigenvalue weighted by atomic mass is 32.2. The lowest BCUT2D eigenvalue weighted by atomic mass is 9.97. The van der Waals surface area contributed by atoms with Gasteiger partial charge in [-0.15, -0.1) is 5.10 Å². The van der Waals surface area contributed by atoms with Crippen molar-refractivity contribution in [1.29, 1.82) is 0 Å². The number of halogens is 3. The average Bonchev–Trinajstić information content (AvgIpc) is 3.49. The summed E-state index contributed by atoms with van der Waals surface area (Å²) >= 11 is 0. The molecule has 0 bridgehead atoms. The molecule has 3 aromatic rings. The van der Waals surface area contributed by atoms with Gasteiger partial charge in [-0.05, 0) is 45.2 Å². The first-order valence-electron chi connectivity index (χ1n) is 12.2. The lowest BCUT2D eigenvalue weighted by molar-refractivity contribution is -0.139. The number of aromatic nitrogens is 5. The van der Waals surface area contributed by atoms with Crippen molar-refractivity contribution < 1.29 is 31.1 Å². The number of rotatable bonds is 8. The number of nitrogens with zero attached hydrogens (tertiary/aromatic N) is 6. The number of amides is 1. The summed E-state index contributed by atoms with van der Waals surface area (Å²) in [5, 5.41) is 8.08. The van der Waals surface area contributed by atoms with Crippen LogP contribution in [0.4, 0.5) is 19.0 Å². The van der Waals surface area contributed by atoms with Crippen LogP contribution in [0, 0.1) is 12.8 Å². The maximum atomic E-state index is 13.4. The summed E-state index contributed by atoms with van der Waals surface area (Å²) in [5.74, 6) is -0.0701. The van der Waals surface area contributed by atoms with Crippen molar-refractivity contribution in [2.24, 2.45) is 13.0 Å². The van der Waals surface area contributed by atoms with Gasteiger partial charge in [0.15, 0.2) is 5.82 Å². The van der Waals surface area contributed by atoms with Crippen molar-refractivity contribution in [1.82, 2.24) is 29.3 Å². The van der Waals surface area contributed by atoms with Crippen LogP contribution in [0.5, 0.6) is 5.88 Å². The summed E-state index contributed by atoms with van der Waals surface area (Å²) in [5.41, 5.74) is 0.0137. The standard InChI is InChI=1S/C24H30F3N7O4S/c1-15-12-23(3,4)33(14-15)21-17(22(35)31-39(36,37)18-13-28-32(5)16(18)2)6-7-19(29-21)34-10-8-20(30-34)38-11-9-24(25,26)27/h6-8,10,13,15H,9,11-12,14H2,1-5H3,(H,31,35)/t15-/m0/s1. The number of pyridine rings is 1. The van der Waals surface area contributed by atoms with E-state index in [1.54, 1.807) is 14.0 Å². The summed E-state index contributed by atoms with van der Waals surface area (Å²) < 4.78 is 73.2. The van der Waals surface area contributed by atoms with Crippen LogP contribution in [-0.2, 0) is 17.1 Å². The molecule has 1 fully saturated rings. The molecule has 0 aliphatic carbocycles. The van der Waals surface area contributed by atoms with Crippen molar-refractivity contribution in [2.45, 2.75) is 57.1 Å². The lowest BCUT2D eigenvalue weighted by Crippen LogP contribution is -2.41. The van der Waals surface area contributed by atoms with E-state index in [1.165, 1.54) is 40.0 Å². The molecule has 1 aliphatic heterocycles. The van der Waals surface area contributed by atoms with Crippen LogP contribution in [-0.4, -0.2) is 63.7 Å². The summed E-state index contributed by atoms with van der Waals surface area (Å²) in [7, 11) is -2.63. The Hall–Kier alpha value is -3.62. The third-order valence-electron chi connectivity index (χ3n) is 6.58. The zero-order chi connectivity index (χ0) is 28.8. The normalized spacial score (nSPS) is 17.4. The van der Waals surface area contributed by atoms with Crippen molar-refractivity contribution >= 4 is 21.7 Å². The van der Waals surface area contributed by atoms with Gasteiger partial charge in [0.1, 0.15) is 10.7 Å². The third kappa shape index (κ3) is 6.18. The number of hydrogen-bond donors (Lipinski definition) is 1. The molecule has 0 saturated carbocycles. The maximum Gasteiger partial charge on any atom is 0.392 e. The number of alkyl halides is 3. The molecule has 0 unspecified atom stereocenters. The summed E-state index contributed by atoms with van der Waals surface area (Å²) in [4.78, 5) is 19.8. The van der Waals surface area contributed by atoms with Crippen molar-refractivity contribution in [3.05, 3.63) is 41.9 Å². The van der Waals surface area contributed by atoms with Crippen LogP contribution in [0.1, 0.15) is 49.7 Å². The van der Waals surface area contributed by atoms with Gasteiger partial charge in [-0.3, -0.25) is 9.48 Å². The molecule has 1 amide bonds. The Labute approximate surface area is 224 Å². The molecule has 3 aromatic heterocycles. The molecule has 1 atom stereocenters. The molecule has 1 aliphatic rings. The SMILES string of the molecule is Cc1c(S(=O)(=O)NC(=O)c2ccc(-n3ccc(OCCC(F)(F)F)n3)nc2N2C[C@@H](C)CC2(C)C)cnn1C. The van der Waals surface area contributed by atoms with Gasteiger partial charge in [-0.1, -0.05) is 6.92 Å². The van der Waals surface area contributed by atoms with Gasteiger partial charge in [0.25, 0.3) is 15.9 Å². The fraction of sp³-hybridized carbons (Fsp3) is 0.500. The second-order valence-corrected chi connectivity index (χ2v) is 11.9. The van der Waals surface area contributed by atoms with Gasteiger partial charge in [0.05, 0.1) is 30.5 Å². The highest BCUT2D eigenvalue weighted by Crippen LogP contribution is 2.37. The third-order valence-corrected chi connectivity index (χ3v) is 8.01. The summed E-state index contributed by atoms with van der Waals surface area (Å²) in [6.07, 6.45) is -2.01. The van der Waals surface area contributed by atoms with Gasteiger partial charge in [0.2, 0.25) is 5.88 Å². The molecule has 15 heteroatoms. The Balaban J connectivity index is 1.67. The lowest BCUT2D eigenvalue weighted by Gasteiger charge is -2.34. The number of aryl methyl sites for hydroxylation is 1. The Bertz CT molecular complexity index is 1480. The van der Waals surface area contributed by atoms with Crippen LogP contribution in [0.25, 0.3) is 5.82 Å². The molecule has 4 rings (SSSR count). The first-order chi connectivity index (χ1) is 18.1. The molecule has 0 radical (unpaired) electrons. The van der Waals surface area contributed by atoms with Crippen LogP contribution >= 0.6 is 0 Å². The predicted molar refractivity (Wildman–Crippen MR) is 135 cm³/mol. The van der Waals surface area contributed by atoms with Crippen LogP contribution in [0.3, 0.4) is 0 Å². The van der Waals surface area contributed by atoms with Gasteiger partial charge in [0, 0.05) is 31.4 Å². The van der Waals surface area contributed by atoms with E-state index in [1.807, 2.05) is 18.7 Å². The van der Waals surface area contributed by atoms with Crippen molar-refractivity contribution in [3.63, 3.8) is 0 Å². The Kier molecular flexibility index (Phi) is 7.40. The minimum atomic E-state index is -4.35. The molecule has 39 heavy (non-hydrogen) atoms. The van der Waals surface area contributed by atoms with Gasteiger partial charge >= 0.3 is 6.18 Å². The van der Waals surface area contributed by atoms with Gasteiger partial charge in [-0.25, -0.2) is 22.8 Å². The second kappa shape index (κ2) is 10.2. The van der Waals surface area contributed by atoms with Crippen LogP contribution < -0.4 is 14.4 Å². The molecule has 0 aromatic carbocycles.